The molecule has 1 aromatic carbocycles. The summed E-state index contributed by atoms with van der Waals surface area (Å²) in [4.78, 5) is 0. The molecule has 1 fully saturated rings. The summed E-state index contributed by atoms with van der Waals surface area (Å²) < 4.78 is 26.5. The molecule has 8 heteroatoms. The normalized spacial score (nSPS) is 22.9. The van der Waals surface area contributed by atoms with E-state index in [1.807, 2.05) is 0 Å². The number of aromatic nitrogens is 4. The van der Waals surface area contributed by atoms with Gasteiger partial charge in [-0.1, -0.05) is 0 Å². The molecule has 0 unspecified atom stereocenters. The first-order valence-electron chi connectivity index (χ1n) is 6.33. The van der Waals surface area contributed by atoms with Crippen molar-refractivity contribution in [1.29, 1.82) is 0 Å². The number of anilines is 1. The number of benzene rings is 1. The van der Waals surface area contributed by atoms with E-state index in [1.165, 1.54) is 18.2 Å². The number of nitrogens with zero attached hydrogens (tertiary/aromatic N) is 4. The van der Waals surface area contributed by atoms with E-state index in [1.54, 1.807) is 4.68 Å². The molecule has 6 nitrogen and oxygen atoms in total. The molecule has 0 amide bonds. The van der Waals surface area contributed by atoms with Gasteiger partial charge in [-0.05, 0) is 41.5 Å². The number of nitrogen functional groups attached to an aromatic ring is 1. The Bertz CT molecular complexity index is 649. The highest BCUT2D eigenvalue weighted by atomic mass is 32.2. The Labute approximate surface area is 117 Å². The van der Waals surface area contributed by atoms with Crippen molar-refractivity contribution in [2.24, 2.45) is 0 Å². The van der Waals surface area contributed by atoms with Crippen molar-refractivity contribution in [2.45, 2.75) is 18.9 Å². The summed E-state index contributed by atoms with van der Waals surface area (Å²) in [5.41, 5.74) is 6.80. The Hall–Kier alpha value is -1.83. The van der Waals surface area contributed by atoms with Crippen molar-refractivity contribution in [3.05, 3.63) is 24.0 Å². The quantitative estimate of drug-likeness (QED) is 0.840. The highest BCUT2D eigenvalue weighted by Crippen LogP contribution is 2.29. The highest BCUT2D eigenvalue weighted by Gasteiger charge is 2.24. The van der Waals surface area contributed by atoms with Gasteiger partial charge in [0, 0.05) is 33.6 Å². The fraction of sp³-hybridized carbons (Fsp3) is 0.417. The van der Waals surface area contributed by atoms with Gasteiger partial charge in [-0.2, -0.15) is 0 Å². The van der Waals surface area contributed by atoms with Gasteiger partial charge in [-0.15, -0.1) is 5.10 Å². The van der Waals surface area contributed by atoms with E-state index in [0.29, 0.717) is 28.6 Å². The fourth-order valence-corrected chi connectivity index (χ4v) is 3.64. The maximum atomic E-state index is 13.4. The topological polar surface area (TPSA) is 86.7 Å². The van der Waals surface area contributed by atoms with Crippen LogP contribution in [-0.2, 0) is 10.8 Å². The van der Waals surface area contributed by atoms with Crippen molar-refractivity contribution < 1.29 is 8.60 Å². The zero-order valence-electron chi connectivity index (χ0n) is 10.7. The summed E-state index contributed by atoms with van der Waals surface area (Å²) >= 11 is 0. The molecule has 0 saturated carbocycles. The predicted octanol–water partition coefficient (Wildman–Crippen LogP) is 1.15. The first-order valence-corrected chi connectivity index (χ1v) is 7.82. The third-order valence-electron chi connectivity index (χ3n) is 3.45. The van der Waals surface area contributed by atoms with E-state index in [2.05, 4.69) is 15.5 Å². The molecule has 1 saturated heterocycles. The standard InChI is InChI=1S/C12H14FN5OS/c13-8-1-2-11(14)10(7-8)12-15-16-17-18(12)9-3-5-20(19)6-4-9/h1-2,7,9H,3-6,14H2. The number of halogens is 1. The average Bonchev–Trinajstić information content (AvgIpc) is 2.91. The largest absolute Gasteiger partial charge is 0.398 e. The second-order valence-electron chi connectivity index (χ2n) is 4.76. The van der Waals surface area contributed by atoms with Gasteiger partial charge in [0.05, 0.1) is 6.04 Å². The zero-order valence-corrected chi connectivity index (χ0v) is 11.5. The maximum Gasteiger partial charge on any atom is 0.184 e. The van der Waals surface area contributed by atoms with Crippen LogP contribution >= 0.6 is 0 Å². The molecule has 1 aliphatic rings. The van der Waals surface area contributed by atoms with Crippen LogP contribution in [0.15, 0.2) is 18.2 Å². The first-order chi connectivity index (χ1) is 9.65. The van der Waals surface area contributed by atoms with Gasteiger partial charge in [0.15, 0.2) is 5.82 Å². The second-order valence-corrected chi connectivity index (χ2v) is 6.45. The van der Waals surface area contributed by atoms with Gasteiger partial charge in [-0.25, -0.2) is 9.07 Å². The molecule has 3 rings (SSSR count). The number of rotatable bonds is 2. The molecule has 0 spiro atoms. The van der Waals surface area contributed by atoms with Gasteiger partial charge in [-0.3, -0.25) is 4.21 Å². The lowest BCUT2D eigenvalue weighted by Crippen LogP contribution is -2.23. The summed E-state index contributed by atoms with van der Waals surface area (Å²) in [5.74, 6) is 1.36. The number of nitrogens with two attached hydrogens (primary N) is 1. The maximum absolute atomic E-state index is 13.4. The van der Waals surface area contributed by atoms with Crippen LogP contribution in [0.25, 0.3) is 11.4 Å². The monoisotopic (exact) mass is 295 g/mol. The van der Waals surface area contributed by atoms with Crippen LogP contribution < -0.4 is 5.73 Å². The van der Waals surface area contributed by atoms with Gasteiger partial charge in [0.25, 0.3) is 0 Å². The lowest BCUT2D eigenvalue weighted by molar-refractivity contribution is 0.415. The first kappa shape index (κ1) is 13.2. The van der Waals surface area contributed by atoms with Gasteiger partial charge in [0.1, 0.15) is 5.82 Å². The smallest absolute Gasteiger partial charge is 0.184 e. The molecule has 0 aliphatic carbocycles. The van der Waals surface area contributed by atoms with Crippen LogP contribution in [0.2, 0.25) is 0 Å². The van der Waals surface area contributed by atoms with Crippen LogP contribution in [0.4, 0.5) is 10.1 Å². The number of hydrogen-bond acceptors (Lipinski definition) is 5. The van der Waals surface area contributed by atoms with Crippen molar-refractivity contribution in [3.63, 3.8) is 0 Å². The zero-order chi connectivity index (χ0) is 14.1. The van der Waals surface area contributed by atoms with Crippen LogP contribution in [0, 0.1) is 5.82 Å². The van der Waals surface area contributed by atoms with E-state index < -0.39 is 10.8 Å². The Balaban J connectivity index is 1.97. The van der Waals surface area contributed by atoms with Crippen molar-refractivity contribution in [3.8, 4) is 11.4 Å². The molecule has 1 aliphatic heterocycles. The van der Waals surface area contributed by atoms with Crippen molar-refractivity contribution in [2.75, 3.05) is 17.2 Å². The van der Waals surface area contributed by atoms with E-state index in [9.17, 15) is 8.60 Å². The van der Waals surface area contributed by atoms with Crippen molar-refractivity contribution in [1.82, 2.24) is 20.2 Å². The Kier molecular flexibility index (Phi) is 3.47. The third kappa shape index (κ3) is 2.43. The van der Waals surface area contributed by atoms with Crippen LogP contribution in [-0.4, -0.2) is 35.9 Å². The molecule has 0 radical (unpaired) electrons. The molecule has 2 aromatic rings. The summed E-state index contributed by atoms with van der Waals surface area (Å²) in [6, 6.07) is 4.22. The van der Waals surface area contributed by atoms with Crippen LogP contribution in [0.5, 0.6) is 0 Å². The molecule has 106 valence electrons. The summed E-state index contributed by atoms with van der Waals surface area (Å²) in [5, 5.41) is 11.6. The van der Waals surface area contributed by atoms with Gasteiger partial charge in [0.2, 0.25) is 0 Å². The lowest BCUT2D eigenvalue weighted by atomic mass is 10.1. The molecule has 20 heavy (non-hydrogen) atoms. The molecule has 2 N–H and O–H groups in total. The minimum atomic E-state index is -0.748. The van der Waals surface area contributed by atoms with E-state index in [0.717, 1.165) is 12.8 Å². The number of hydrogen-bond donors (Lipinski definition) is 1. The SMILES string of the molecule is Nc1ccc(F)cc1-c1nnnn1C1CCS(=O)CC1. The van der Waals surface area contributed by atoms with Gasteiger partial charge < -0.3 is 5.73 Å². The van der Waals surface area contributed by atoms with Gasteiger partial charge >= 0.3 is 0 Å². The van der Waals surface area contributed by atoms with E-state index in [4.69, 9.17) is 5.73 Å². The lowest BCUT2D eigenvalue weighted by Gasteiger charge is -2.22. The van der Waals surface area contributed by atoms with Crippen molar-refractivity contribution >= 4 is 16.5 Å². The molecule has 0 atom stereocenters. The molecule has 1 aromatic heterocycles. The second kappa shape index (κ2) is 5.28. The Morgan fingerprint density at radius 3 is 2.85 bits per heavy atom. The van der Waals surface area contributed by atoms with Crippen LogP contribution in [0.3, 0.4) is 0 Å². The fourth-order valence-electron chi connectivity index (χ4n) is 2.36. The minimum Gasteiger partial charge on any atom is -0.398 e. The Morgan fingerprint density at radius 1 is 1.35 bits per heavy atom. The molecule has 0 bridgehead atoms. The van der Waals surface area contributed by atoms with E-state index in [-0.39, 0.29) is 11.9 Å². The third-order valence-corrected chi connectivity index (χ3v) is 4.83. The summed E-state index contributed by atoms with van der Waals surface area (Å²) in [6.07, 6.45) is 1.50. The predicted molar refractivity (Wildman–Crippen MR) is 73.8 cm³/mol. The highest BCUT2D eigenvalue weighted by molar-refractivity contribution is 7.85. The van der Waals surface area contributed by atoms with Crippen LogP contribution in [0.1, 0.15) is 18.9 Å². The minimum absolute atomic E-state index is 0.0837. The molecular formula is C12H14FN5OS. The Morgan fingerprint density at radius 2 is 2.10 bits per heavy atom. The molecular weight excluding hydrogens is 281 g/mol. The van der Waals surface area contributed by atoms with E-state index >= 15 is 0 Å². The average molecular weight is 295 g/mol. The molecule has 2 heterocycles. The number of tetrazole rings is 1. The summed E-state index contributed by atoms with van der Waals surface area (Å²) in [7, 11) is -0.748. The summed E-state index contributed by atoms with van der Waals surface area (Å²) in [6.45, 7) is 0.